The molecule has 2 saturated heterocycles. The first-order valence-electron chi connectivity index (χ1n) is 5.74. The maximum atomic E-state index is 5.80. The Hall–Kier alpha value is -0.0800. The van der Waals surface area contributed by atoms with Gasteiger partial charge in [0.2, 0.25) is 0 Å². The summed E-state index contributed by atoms with van der Waals surface area (Å²) in [7, 11) is 0. The van der Waals surface area contributed by atoms with E-state index < -0.39 is 0 Å². The molecule has 0 spiro atoms. The van der Waals surface area contributed by atoms with Crippen molar-refractivity contribution in [1.29, 1.82) is 0 Å². The Labute approximate surface area is 81.0 Å². The van der Waals surface area contributed by atoms with Gasteiger partial charge in [0.05, 0.1) is 6.10 Å². The molecular weight excluding hydrogens is 162 g/mol. The van der Waals surface area contributed by atoms with Gasteiger partial charge in [-0.15, -0.1) is 0 Å². The lowest BCUT2D eigenvalue weighted by Gasteiger charge is -2.35. The van der Waals surface area contributed by atoms with E-state index in [-0.39, 0.29) is 0 Å². The summed E-state index contributed by atoms with van der Waals surface area (Å²) in [5.74, 6) is 1.70. The lowest BCUT2D eigenvalue weighted by atomic mass is 9.80. The van der Waals surface area contributed by atoms with Crippen molar-refractivity contribution in [3.63, 3.8) is 0 Å². The van der Waals surface area contributed by atoms with Crippen molar-refractivity contribution in [3.05, 3.63) is 0 Å². The van der Waals surface area contributed by atoms with Crippen LogP contribution in [0.2, 0.25) is 0 Å². The molecule has 76 valence electrons. The summed E-state index contributed by atoms with van der Waals surface area (Å²) in [5, 5.41) is 3.48. The molecule has 1 N–H and O–H groups in total. The molecule has 0 aliphatic carbocycles. The highest BCUT2D eigenvalue weighted by molar-refractivity contribution is 4.84. The van der Waals surface area contributed by atoms with Crippen LogP contribution in [-0.4, -0.2) is 25.8 Å². The van der Waals surface area contributed by atoms with Crippen molar-refractivity contribution in [2.45, 2.75) is 38.7 Å². The second-order valence-electron chi connectivity index (χ2n) is 4.38. The summed E-state index contributed by atoms with van der Waals surface area (Å²) >= 11 is 0. The molecule has 13 heavy (non-hydrogen) atoms. The van der Waals surface area contributed by atoms with E-state index in [1.165, 1.54) is 38.8 Å². The molecule has 2 aliphatic heterocycles. The maximum absolute atomic E-state index is 5.80. The first-order valence-corrected chi connectivity index (χ1v) is 5.74. The van der Waals surface area contributed by atoms with Crippen LogP contribution in [0.1, 0.15) is 32.6 Å². The Balaban J connectivity index is 1.93. The molecule has 2 heterocycles. The molecule has 0 aromatic heterocycles. The van der Waals surface area contributed by atoms with Gasteiger partial charge in [-0.05, 0) is 44.2 Å². The van der Waals surface area contributed by atoms with Gasteiger partial charge in [0.1, 0.15) is 0 Å². The summed E-state index contributed by atoms with van der Waals surface area (Å²) in [4.78, 5) is 0. The largest absolute Gasteiger partial charge is 0.378 e. The number of hydrogen-bond donors (Lipinski definition) is 1. The molecule has 0 radical (unpaired) electrons. The van der Waals surface area contributed by atoms with Crippen LogP contribution < -0.4 is 5.32 Å². The minimum absolute atomic E-state index is 0.590. The second kappa shape index (κ2) is 4.43. The van der Waals surface area contributed by atoms with Gasteiger partial charge in [0, 0.05) is 6.61 Å². The van der Waals surface area contributed by atoms with Gasteiger partial charge >= 0.3 is 0 Å². The molecule has 0 saturated carbocycles. The Morgan fingerprint density at radius 2 is 2.31 bits per heavy atom. The third-order valence-corrected chi connectivity index (χ3v) is 3.63. The Kier molecular flexibility index (Phi) is 3.23. The van der Waals surface area contributed by atoms with Crippen molar-refractivity contribution in [2.24, 2.45) is 11.8 Å². The average Bonchev–Trinajstić information content (AvgIpc) is 2.70. The maximum Gasteiger partial charge on any atom is 0.0607 e. The Morgan fingerprint density at radius 1 is 1.38 bits per heavy atom. The van der Waals surface area contributed by atoms with Crippen molar-refractivity contribution >= 4 is 0 Å². The lowest BCUT2D eigenvalue weighted by molar-refractivity contribution is 0.0239. The first-order chi connectivity index (χ1) is 6.42. The summed E-state index contributed by atoms with van der Waals surface area (Å²) in [6, 6.07) is 0. The SMILES string of the molecule is CCC1CNCCC1C1CCCO1. The standard InChI is InChI=1S/C11H21NO/c1-2-9-8-12-6-5-10(9)11-4-3-7-13-11/h9-12H,2-8H2,1H3. The summed E-state index contributed by atoms with van der Waals surface area (Å²) in [6.45, 7) is 5.71. The molecule has 3 atom stereocenters. The normalized spacial score (nSPS) is 40.8. The third kappa shape index (κ3) is 2.05. The van der Waals surface area contributed by atoms with Crippen LogP contribution in [0.15, 0.2) is 0 Å². The average molecular weight is 183 g/mol. The quantitative estimate of drug-likeness (QED) is 0.705. The van der Waals surface area contributed by atoms with Crippen LogP contribution >= 0.6 is 0 Å². The van der Waals surface area contributed by atoms with Crippen LogP contribution in [0.3, 0.4) is 0 Å². The van der Waals surface area contributed by atoms with Gasteiger partial charge in [-0.3, -0.25) is 0 Å². The van der Waals surface area contributed by atoms with E-state index in [0.29, 0.717) is 6.10 Å². The van der Waals surface area contributed by atoms with Gasteiger partial charge in [-0.1, -0.05) is 13.3 Å². The second-order valence-corrected chi connectivity index (χ2v) is 4.38. The van der Waals surface area contributed by atoms with Crippen molar-refractivity contribution in [3.8, 4) is 0 Å². The fourth-order valence-electron chi connectivity index (χ4n) is 2.82. The highest BCUT2D eigenvalue weighted by Crippen LogP contribution is 2.31. The first kappa shape index (κ1) is 9.47. The minimum Gasteiger partial charge on any atom is -0.378 e. The fraction of sp³-hybridized carbons (Fsp3) is 1.00. The molecule has 0 amide bonds. The number of nitrogens with one attached hydrogen (secondary N) is 1. The van der Waals surface area contributed by atoms with Gasteiger partial charge in [-0.25, -0.2) is 0 Å². The summed E-state index contributed by atoms with van der Waals surface area (Å²) in [5.41, 5.74) is 0. The van der Waals surface area contributed by atoms with Crippen molar-refractivity contribution in [2.75, 3.05) is 19.7 Å². The molecule has 2 heteroatoms. The molecular formula is C11H21NO. The smallest absolute Gasteiger partial charge is 0.0607 e. The van der Waals surface area contributed by atoms with Crippen LogP contribution in [0.5, 0.6) is 0 Å². The highest BCUT2D eigenvalue weighted by atomic mass is 16.5. The lowest BCUT2D eigenvalue weighted by Crippen LogP contribution is -2.41. The molecule has 0 aromatic rings. The van der Waals surface area contributed by atoms with E-state index in [2.05, 4.69) is 12.2 Å². The number of hydrogen-bond acceptors (Lipinski definition) is 2. The van der Waals surface area contributed by atoms with Crippen LogP contribution in [-0.2, 0) is 4.74 Å². The predicted molar refractivity (Wildman–Crippen MR) is 53.7 cm³/mol. The monoisotopic (exact) mass is 183 g/mol. The van der Waals surface area contributed by atoms with Crippen molar-refractivity contribution < 1.29 is 4.74 Å². The highest BCUT2D eigenvalue weighted by Gasteiger charge is 2.32. The van der Waals surface area contributed by atoms with Crippen LogP contribution in [0.4, 0.5) is 0 Å². The zero-order valence-electron chi connectivity index (χ0n) is 8.59. The third-order valence-electron chi connectivity index (χ3n) is 3.63. The minimum atomic E-state index is 0.590. The van der Waals surface area contributed by atoms with Crippen LogP contribution in [0, 0.1) is 11.8 Å². The molecule has 3 unspecified atom stereocenters. The molecule has 0 aromatic carbocycles. The van der Waals surface area contributed by atoms with Crippen molar-refractivity contribution in [1.82, 2.24) is 5.32 Å². The van der Waals surface area contributed by atoms with Gasteiger partial charge in [0.15, 0.2) is 0 Å². The zero-order chi connectivity index (χ0) is 9.10. The molecule has 2 fully saturated rings. The summed E-state index contributed by atoms with van der Waals surface area (Å²) < 4.78 is 5.80. The number of rotatable bonds is 2. The van der Waals surface area contributed by atoms with Gasteiger partial charge < -0.3 is 10.1 Å². The van der Waals surface area contributed by atoms with E-state index in [9.17, 15) is 0 Å². The Morgan fingerprint density at radius 3 is 3.00 bits per heavy atom. The topological polar surface area (TPSA) is 21.3 Å². The van der Waals surface area contributed by atoms with E-state index in [1.54, 1.807) is 0 Å². The van der Waals surface area contributed by atoms with E-state index in [1.807, 2.05) is 0 Å². The number of piperidine rings is 1. The zero-order valence-corrected chi connectivity index (χ0v) is 8.59. The van der Waals surface area contributed by atoms with E-state index in [0.717, 1.165) is 18.4 Å². The summed E-state index contributed by atoms with van der Waals surface area (Å²) in [6.07, 6.45) is 5.81. The molecule has 2 rings (SSSR count). The molecule has 2 nitrogen and oxygen atoms in total. The Bertz CT molecular complexity index is 152. The molecule has 0 bridgehead atoms. The molecule has 2 aliphatic rings. The predicted octanol–water partition coefficient (Wildman–Crippen LogP) is 1.80. The number of ether oxygens (including phenoxy) is 1. The van der Waals surface area contributed by atoms with E-state index in [4.69, 9.17) is 4.74 Å². The van der Waals surface area contributed by atoms with E-state index >= 15 is 0 Å². The van der Waals surface area contributed by atoms with Gasteiger partial charge in [-0.2, -0.15) is 0 Å². The van der Waals surface area contributed by atoms with Gasteiger partial charge in [0.25, 0.3) is 0 Å². The fourth-order valence-corrected chi connectivity index (χ4v) is 2.82. The van der Waals surface area contributed by atoms with Crippen LogP contribution in [0.25, 0.3) is 0 Å².